The zero-order chi connectivity index (χ0) is 21.1. The number of aryl methyl sites for hydroxylation is 1. The van der Waals surface area contributed by atoms with Gasteiger partial charge in [-0.2, -0.15) is 0 Å². The number of benzene rings is 1. The van der Waals surface area contributed by atoms with Crippen LogP contribution in [0.1, 0.15) is 41.0 Å². The van der Waals surface area contributed by atoms with Gasteiger partial charge in [0.1, 0.15) is 5.76 Å². The van der Waals surface area contributed by atoms with E-state index in [1.54, 1.807) is 24.5 Å². The number of nitrogens with zero attached hydrogens (tertiary/aromatic N) is 3. The van der Waals surface area contributed by atoms with Crippen LogP contribution in [0.4, 0.5) is 0 Å². The molecule has 0 saturated heterocycles. The van der Waals surface area contributed by atoms with Gasteiger partial charge in [0.2, 0.25) is 0 Å². The molecule has 3 heterocycles. The lowest BCUT2D eigenvalue weighted by Crippen LogP contribution is -2.40. The number of hydrogen-bond donors (Lipinski definition) is 2. The predicted molar refractivity (Wildman–Crippen MR) is 113 cm³/mol. The Balaban J connectivity index is 1.86. The molecule has 2 aromatic heterocycles. The van der Waals surface area contributed by atoms with Crippen LogP contribution in [0.5, 0.6) is 0 Å². The Bertz CT molecular complexity index is 1050. The first-order chi connectivity index (χ1) is 14.5. The SMILES string of the molecule is Cc1ccc(CN2[C@@H](c3ccccn3)C(C(=O)O)=C(O)C[C@H]2c2ccccn2)cc1. The Morgan fingerprint density at radius 3 is 2.20 bits per heavy atom. The molecule has 1 aliphatic rings. The second-order valence-corrected chi connectivity index (χ2v) is 7.46. The number of aliphatic hydroxyl groups excluding tert-OH is 1. The van der Waals surface area contributed by atoms with E-state index in [1.165, 1.54) is 0 Å². The van der Waals surface area contributed by atoms with Crippen LogP contribution in [0, 0.1) is 6.92 Å². The minimum absolute atomic E-state index is 0.0343. The van der Waals surface area contributed by atoms with Crippen molar-refractivity contribution in [3.05, 3.63) is 107 Å². The molecular formula is C24H23N3O3. The highest BCUT2D eigenvalue weighted by Gasteiger charge is 2.42. The van der Waals surface area contributed by atoms with Crippen molar-refractivity contribution in [2.75, 3.05) is 0 Å². The monoisotopic (exact) mass is 401 g/mol. The Morgan fingerprint density at radius 1 is 1.00 bits per heavy atom. The van der Waals surface area contributed by atoms with Crippen molar-refractivity contribution in [1.29, 1.82) is 0 Å². The molecule has 0 radical (unpaired) electrons. The van der Waals surface area contributed by atoms with Gasteiger partial charge in [-0.1, -0.05) is 42.0 Å². The van der Waals surface area contributed by atoms with Gasteiger partial charge in [-0.25, -0.2) is 4.79 Å². The average molecular weight is 401 g/mol. The smallest absolute Gasteiger partial charge is 0.337 e. The van der Waals surface area contributed by atoms with Crippen LogP contribution in [0.3, 0.4) is 0 Å². The highest BCUT2D eigenvalue weighted by Crippen LogP contribution is 2.44. The fourth-order valence-electron chi connectivity index (χ4n) is 3.96. The number of aliphatic carboxylic acids is 1. The zero-order valence-corrected chi connectivity index (χ0v) is 16.6. The van der Waals surface area contributed by atoms with Crippen LogP contribution in [0.15, 0.2) is 84.4 Å². The number of pyridine rings is 2. The normalized spacial score (nSPS) is 19.6. The molecule has 1 aliphatic heterocycles. The first-order valence-electron chi connectivity index (χ1n) is 9.83. The topological polar surface area (TPSA) is 86.6 Å². The van der Waals surface area contributed by atoms with Crippen LogP contribution in [0.25, 0.3) is 0 Å². The lowest BCUT2D eigenvalue weighted by Gasteiger charge is -2.41. The highest BCUT2D eigenvalue weighted by molar-refractivity contribution is 5.89. The van der Waals surface area contributed by atoms with Gasteiger partial charge in [0.25, 0.3) is 0 Å². The lowest BCUT2D eigenvalue weighted by molar-refractivity contribution is -0.134. The van der Waals surface area contributed by atoms with Crippen molar-refractivity contribution in [2.24, 2.45) is 0 Å². The molecule has 0 unspecified atom stereocenters. The fourth-order valence-corrected chi connectivity index (χ4v) is 3.96. The molecule has 0 fully saturated rings. The third-order valence-electron chi connectivity index (χ3n) is 5.42. The quantitative estimate of drug-likeness (QED) is 0.660. The summed E-state index contributed by atoms with van der Waals surface area (Å²) in [5.41, 5.74) is 3.53. The molecule has 30 heavy (non-hydrogen) atoms. The highest BCUT2D eigenvalue weighted by atomic mass is 16.4. The van der Waals surface area contributed by atoms with Gasteiger partial charge in [-0.05, 0) is 36.8 Å². The molecule has 0 bridgehead atoms. The van der Waals surface area contributed by atoms with Crippen LogP contribution in [-0.4, -0.2) is 31.1 Å². The van der Waals surface area contributed by atoms with E-state index < -0.39 is 12.0 Å². The zero-order valence-electron chi connectivity index (χ0n) is 16.6. The number of carbonyl (C=O) groups is 1. The molecule has 4 rings (SSSR count). The van der Waals surface area contributed by atoms with Gasteiger partial charge in [0, 0.05) is 25.4 Å². The molecule has 0 spiro atoms. The van der Waals surface area contributed by atoms with Gasteiger partial charge >= 0.3 is 5.97 Å². The number of hydrogen-bond acceptors (Lipinski definition) is 5. The van der Waals surface area contributed by atoms with Crippen LogP contribution in [0.2, 0.25) is 0 Å². The van der Waals surface area contributed by atoms with E-state index >= 15 is 0 Å². The third kappa shape index (κ3) is 3.95. The van der Waals surface area contributed by atoms with E-state index in [1.807, 2.05) is 55.5 Å². The summed E-state index contributed by atoms with van der Waals surface area (Å²) in [6.07, 6.45) is 3.52. The molecule has 0 aliphatic carbocycles. The number of aliphatic hydroxyl groups is 1. The summed E-state index contributed by atoms with van der Waals surface area (Å²) in [5, 5.41) is 20.7. The summed E-state index contributed by atoms with van der Waals surface area (Å²) in [5.74, 6) is -1.27. The third-order valence-corrected chi connectivity index (χ3v) is 5.42. The lowest BCUT2D eigenvalue weighted by atomic mass is 9.88. The molecule has 3 aromatic rings. The van der Waals surface area contributed by atoms with E-state index in [9.17, 15) is 15.0 Å². The molecule has 152 valence electrons. The van der Waals surface area contributed by atoms with Crippen molar-refractivity contribution >= 4 is 5.97 Å². The summed E-state index contributed by atoms with van der Waals surface area (Å²) in [6, 6.07) is 18.2. The first kappa shape index (κ1) is 19.8. The molecule has 0 amide bonds. The number of aromatic nitrogens is 2. The summed E-state index contributed by atoms with van der Waals surface area (Å²) in [4.78, 5) is 23.1. The van der Waals surface area contributed by atoms with Gasteiger partial charge in [-0.3, -0.25) is 14.9 Å². The average Bonchev–Trinajstić information content (AvgIpc) is 2.76. The fraction of sp³-hybridized carbons (Fsp3) is 0.208. The van der Waals surface area contributed by atoms with Crippen molar-refractivity contribution in [3.8, 4) is 0 Å². The van der Waals surface area contributed by atoms with Crippen molar-refractivity contribution in [2.45, 2.75) is 32.0 Å². The molecule has 1 aromatic carbocycles. The largest absolute Gasteiger partial charge is 0.512 e. The molecule has 2 N–H and O–H groups in total. The summed E-state index contributed by atoms with van der Waals surface area (Å²) >= 11 is 0. The van der Waals surface area contributed by atoms with Crippen molar-refractivity contribution in [3.63, 3.8) is 0 Å². The summed E-state index contributed by atoms with van der Waals surface area (Å²) in [6.45, 7) is 2.52. The Hall–Kier alpha value is -3.51. The standard InChI is InChI=1S/C24H23N3O3/c1-16-8-10-17(11-9-16)15-27-20(18-6-2-4-12-25-18)14-21(28)22(24(29)30)23(27)19-7-3-5-13-26-19/h2-13,20,23,28H,14-15H2,1H3,(H,29,30)/t20-,23-/m0/s1. The van der Waals surface area contributed by atoms with E-state index in [-0.39, 0.29) is 23.8 Å². The number of carboxylic acids is 1. The Morgan fingerprint density at radius 2 is 1.63 bits per heavy atom. The van der Waals surface area contributed by atoms with E-state index in [0.717, 1.165) is 16.8 Å². The van der Waals surface area contributed by atoms with Gasteiger partial charge < -0.3 is 10.2 Å². The molecule has 6 heteroatoms. The van der Waals surface area contributed by atoms with Crippen LogP contribution in [-0.2, 0) is 11.3 Å². The van der Waals surface area contributed by atoms with E-state index in [4.69, 9.17) is 0 Å². The van der Waals surface area contributed by atoms with Gasteiger partial charge in [0.05, 0.1) is 29.0 Å². The predicted octanol–water partition coefficient (Wildman–Crippen LogP) is 4.37. The second kappa shape index (κ2) is 8.47. The number of carboxylic acid groups (broad SMARTS) is 1. The maximum Gasteiger partial charge on any atom is 0.337 e. The maximum atomic E-state index is 12.1. The summed E-state index contributed by atoms with van der Waals surface area (Å²) < 4.78 is 0. The second-order valence-electron chi connectivity index (χ2n) is 7.46. The Labute approximate surface area is 175 Å². The van der Waals surface area contributed by atoms with Crippen molar-refractivity contribution in [1.82, 2.24) is 14.9 Å². The van der Waals surface area contributed by atoms with Gasteiger partial charge in [-0.15, -0.1) is 0 Å². The summed E-state index contributed by atoms with van der Waals surface area (Å²) in [7, 11) is 0. The number of rotatable bonds is 5. The van der Waals surface area contributed by atoms with E-state index in [0.29, 0.717) is 12.2 Å². The van der Waals surface area contributed by atoms with E-state index in [2.05, 4.69) is 14.9 Å². The minimum Gasteiger partial charge on any atom is -0.512 e. The molecule has 2 atom stereocenters. The Kier molecular flexibility index (Phi) is 5.59. The minimum atomic E-state index is -1.14. The van der Waals surface area contributed by atoms with Crippen molar-refractivity contribution < 1.29 is 15.0 Å². The van der Waals surface area contributed by atoms with Crippen LogP contribution < -0.4 is 0 Å². The molecular weight excluding hydrogens is 378 g/mol. The molecule has 0 saturated carbocycles. The van der Waals surface area contributed by atoms with Crippen LogP contribution >= 0.6 is 0 Å². The molecule has 6 nitrogen and oxygen atoms in total. The van der Waals surface area contributed by atoms with Gasteiger partial charge in [0.15, 0.2) is 0 Å². The first-order valence-corrected chi connectivity index (χ1v) is 9.83. The maximum absolute atomic E-state index is 12.1.